The highest BCUT2D eigenvalue weighted by Crippen LogP contribution is 2.42. The van der Waals surface area contributed by atoms with Crippen LogP contribution in [0.5, 0.6) is 0 Å². The predicted octanol–water partition coefficient (Wildman–Crippen LogP) is 12.4. The van der Waals surface area contributed by atoms with Gasteiger partial charge in [0.15, 0.2) is 5.58 Å². The Hall–Kier alpha value is -7.30. The molecule has 0 aliphatic heterocycles. The fourth-order valence-corrected chi connectivity index (χ4v) is 9.09. The molecule has 0 amide bonds. The van der Waals surface area contributed by atoms with E-state index in [4.69, 9.17) is 8.83 Å². The van der Waals surface area contributed by atoms with Crippen LogP contribution in [-0.4, -0.2) is 10.6 Å². The minimum Gasteiger partial charge on any atom is -0.456 e. The zero-order chi connectivity index (χ0) is 36.7. The Morgan fingerprint density at radius 1 is 0.464 bits per heavy atom. The van der Waals surface area contributed by atoms with E-state index >= 15 is 0 Å². The largest absolute Gasteiger partial charge is 0.456 e. The number of anilines is 2. The molecule has 1 atom stereocenters. The molecule has 0 bridgehead atoms. The van der Waals surface area contributed by atoms with Crippen molar-refractivity contribution >= 4 is 89.2 Å². The van der Waals surface area contributed by atoms with E-state index < -0.39 is 0 Å². The Balaban J connectivity index is 1.04. The third-order valence-corrected chi connectivity index (χ3v) is 11.7. The molecule has 1 aliphatic rings. The van der Waals surface area contributed by atoms with Crippen LogP contribution in [-0.2, 0) is 0 Å². The highest BCUT2D eigenvalue weighted by Gasteiger charge is 2.25. The summed E-state index contributed by atoms with van der Waals surface area (Å²) in [5, 5.41) is 9.48. The SMILES string of the molecule is C1=c2ccc(-c3ccc4oc5ccccc5c4c3)cc2=CCC1N(c1ccc2c3ccccc3n(-c3ccccc3)c2c1)c1cccc2c1oc1ccccc12. The minimum atomic E-state index is 0.0350. The monoisotopic (exact) mass is 718 g/mol. The third-order valence-electron chi connectivity index (χ3n) is 11.7. The Morgan fingerprint density at radius 2 is 1.14 bits per heavy atom. The average molecular weight is 719 g/mol. The van der Waals surface area contributed by atoms with E-state index in [9.17, 15) is 0 Å². The van der Waals surface area contributed by atoms with Crippen LogP contribution in [0, 0.1) is 0 Å². The molecule has 3 heterocycles. The lowest BCUT2D eigenvalue weighted by Crippen LogP contribution is -2.38. The summed E-state index contributed by atoms with van der Waals surface area (Å²) in [5.41, 5.74) is 11.7. The molecule has 8 aromatic carbocycles. The number of hydrogen-bond acceptors (Lipinski definition) is 3. The van der Waals surface area contributed by atoms with Gasteiger partial charge in [-0.15, -0.1) is 0 Å². The Morgan fingerprint density at radius 3 is 2.02 bits per heavy atom. The zero-order valence-corrected chi connectivity index (χ0v) is 30.4. The second kappa shape index (κ2) is 12.1. The summed E-state index contributed by atoms with van der Waals surface area (Å²) in [6.07, 6.45) is 5.67. The molecule has 11 aromatic rings. The third kappa shape index (κ3) is 4.72. The first-order valence-corrected chi connectivity index (χ1v) is 19.3. The first-order valence-electron chi connectivity index (χ1n) is 19.3. The number of benzene rings is 8. The maximum absolute atomic E-state index is 6.71. The van der Waals surface area contributed by atoms with Crippen molar-refractivity contribution in [2.75, 3.05) is 4.90 Å². The quantitative estimate of drug-likeness (QED) is 0.178. The molecule has 4 heteroatoms. The standard InChI is InChI=1S/C52H34N2O2/c1-2-11-37(12-3-1)54-46-17-7-4-13-40(46)41-27-26-39(32-48(41)54)53(47-18-10-16-44-42-14-5-9-20-50(42)56-52(44)47)38-25-23-34-29-33(21-22-35(34)30-38)36-24-28-51-45(31-36)43-15-6-8-19-49(43)55-51/h1-24,26-32,38H,25H2. The van der Waals surface area contributed by atoms with Gasteiger partial charge in [-0.3, -0.25) is 0 Å². The van der Waals surface area contributed by atoms with Crippen molar-refractivity contribution in [3.05, 3.63) is 186 Å². The van der Waals surface area contributed by atoms with Gasteiger partial charge in [-0.05, 0) is 94.7 Å². The summed E-state index contributed by atoms with van der Waals surface area (Å²) < 4.78 is 15.2. The zero-order valence-electron chi connectivity index (χ0n) is 30.4. The van der Waals surface area contributed by atoms with Crippen molar-refractivity contribution in [3.8, 4) is 16.8 Å². The van der Waals surface area contributed by atoms with E-state index in [1.54, 1.807) is 0 Å². The molecule has 0 N–H and O–H groups in total. The smallest absolute Gasteiger partial charge is 0.159 e. The Labute approximate surface area is 322 Å². The van der Waals surface area contributed by atoms with Crippen molar-refractivity contribution in [2.24, 2.45) is 0 Å². The average Bonchev–Trinajstić information content (AvgIpc) is 3.93. The minimum absolute atomic E-state index is 0.0350. The Kier molecular flexibility index (Phi) is 6.72. The number of nitrogens with zero attached hydrogens (tertiary/aromatic N) is 2. The van der Waals surface area contributed by atoms with Crippen LogP contribution >= 0.6 is 0 Å². The van der Waals surface area contributed by atoms with E-state index in [-0.39, 0.29) is 6.04 Å². The van der Waals surface area contributed by atoms with Gasteiger partial charge >= 0.3 is 0 Å². The number of aromatic nitrogens is 1. The number of hydrogen-bond donors (Lipinski definition) is 0. The number of rotatable bonds is 5. The molecular formula is C52H34N2O2. The highest BCUT2D eigenvalue weighted by atomic mass is 16.3. The second-order valence-corrected chi connectivity index (χ2v) is 14.8. The van der Waals surface area contributed by atoms with Crippen molar-refractivity contribution in [1.29, 1.82) is 0 Å². The van der Waals surface area contributed by atoms with Gasteiger partial charge in [0.1, 0.15) is 16.7 Å². The summed E-state index contributed by atoms with van der Waals surface area (Å²) in [6, 6.07) is 62.9. The van der Waals surface area contributed by atoms with Crippen LogP contribution in [0.25, 0.3) is 94.6 Å². The molecular weight excluding hydrogens is 685 g/mol. The van der Waals surface area contributed by atoms with Gasteiger partial charge in [0.25, 0.3) is 0 Å². The van der Waals surface area contributed by atoms with Crippen LogP contribution in [0.1, 0.15) is 6.42 Å². The van der Waals surface area contributed by atoms with Gasteiger partial charge < -0.3 is 18.3 Å². The molecule has 0 spiro atoms. The number of para-hydroxylation sites is 5. The van der Waals surface area contributed by atoms with Gasteiger partial charge in [0.05, 0.1) is 22.8 Å². The number of fused-ring (bicyclic) bond motifs is 10. The van der Waals surface area contributed by atoms with Crippen LogP contribution in [0.3, 0.4) is 0 Å². The molecule has 0 radical (unpaired) electrons. The summed E-state index contributed by atoms with van der Waals surface area (Å²) in [6.45, 7) is 0. The van der Waals surface area contributed by atoms with Crippen LogP contribution in [0.4, 0.5) is 11.4 Å². The van der Waals surface area contributed by atoms with Gasteiger partial charge in [-0.25, -0.2) is 0 Å². The molecule has 3 aromatic heterocycles. The first-order chi connectivity index (χ1) is 27.7. The lowest BCUT2D eigenvalue weighted by Gasteiger charge is -2.33. The van der Waals surface area contributed by atoms with E-state index in [1.807, 2.05) is 18.2 Å². The molecule has 1 unspecified atom stereocenters. The van der Waals surface area contributed by atoms with Gasteiger partial charge in [-0.2, -0.15) is 0 Å². The fourth-order valence-electron chi connectivity index (χ4n) is 9.09. The fraction of sp³-hybridized carbons (Fsp3) is 0.0385. The van der Waals surface area contributed by atoms with Crippen LogP contribution in [0.15, 0.2) is 185 Å². The summed E-state index contributed by atoms with van der Waals surface area (Å²) in [7, 11) is 0. The molecule has 0 saturated carbocycles. The molecule has 4 nitrogen and oxygen atoms in total. The molecule has 0 fully saturated rings. The second-order valence-electron chi connectivity index (χ2n) is 14.8. The maximum atomic E-state index is 6.71. The van der Waals surface area contributed by atoms with Gasteiger partial charge in [0, 0.05) is 43.7 Å². The summed E-state index contributed by atoms with van der Waals surface area (Å²) >= 11 is 0. The van der Waals surface area contributed by atoms with Crippen LogP contribution < -0.4 is 15.3 Å². The first kappa shape index (κ1) is 31.1. The lowest BCUT2D eigenvalue weighted by atomic mass is 9.96. The van der Waals surface area contributed by atoms with Crippen molar-refractivity contribution < 1.29 is 8.83 Å². The highest BCUT2D eigenvalue weighted by molar-refractivity contribution is 6.12. The molecule has 0 saturated heterocycles. The van der Waals surface area contributed by atoms with Crippen molar-refractivity contribution in [3.63, 3.8) is 0 Å². The van der Waals surface area contributed by atoms with E-state index in [1.165, 1.54) is 43.4 Å². The molecule has 12 rings (SSSR count). The van der Waals surface area contributed by atoms with Crippen molar-refractivity contribution in [2.45, 2.75) is 12.5 Å². The van der Waals surface area contributed by atoms with E-state index in [0.717, 1.165) is 67.4 Å². The number of furan rings is 2. The molecule has 264 valence electrons. The van der Waals surface area contributed by atoms with Gasteiger partial charge in [-0.1, -0.05) is 121 Å². The maximum Gasteiger partial charge on any atom is 0.159 e. The normalized spacial score (nSPS) is 14.1. The molecule has 1 aliphatic carbocycles. The molecule has 56 heavy (non-hydrogen) atoms. The van der Waals surface area contributed by atoms with E-state index in [0.29, 0.717) is 0 Å². The summed E-state index contributed by atoms with van der Waals surface area (Å²) in [4.78, 5) is 2.49. The van der Waals surface area contributed by atoms with Crippen molar-refractivity contribution in [1.82, 2.24) is 4.57 Å². The lowest BCUT2D eigenvalue weighted by molar-refractivity contribution is 0.666. The van der Waals surface area contributed by atoms with Crippen LogP contribution in [0.2, 0.25) is 0 Å². The van der Waals surface area contributed by atoms with Gasteiger partial charge in [0.2, 0.25) is 0 Å². The topological polar surface area (TPSA) is 34.5 Å². The van der Waals surface area contributed by atoms with E-state index in [2.05, 4.69) is 179 Å². The Bertz CT molecular complexity index is 3480. The summed E-state index contributed by atoms with van der Waals surface area (Å²) in [5.74, 6) is 0. The predicted molar refractivity (Wildman–Crippen MR) is 232 cm³/mol.